The van der Waals surface area contributed by atoms with E-state index in [1.165, 1.54) is 6.33 Å². The Labute approximate surface area is 85.3 Å². The number of primary amides is 1. The molecule has 2 aromatic heterocycles. The van der Waals surface area contributed by atoms with Crippen LogP contribution in [0.5, 0.6) is 0 Å². The number of nitrogens with zero attached hydrogens (tertiary/aromatic N) is 3. The van der Waals surface area contributed by atoms with Gasteiger partial charge in [0.1, 0.15) is 11.8 Å². The molecular weight excluding hydrogens is 194 g/mol. The van der Waals surface area contributed by atoms with Crippen LogP contribution in [0.4, 0.5) is 0 Å². The predicted molar refractivity (Wildman–Crippen MR) is 54.5 cm³/mol. The molecule has 0 fully saturated rings. The van der Waals surface area contributed by atoms with Crippen molar-refractivity contribution in [1.29, 1.82) is 0 Å². The van der Waals surface area contributed by atoms with Gasteiger partial charge in [0, 0.05) is 6.42 Å². The maximum Gasteiger partial charge on any atom is 0.221 e. The highest BCUT2D eigenvalue weighted by Crippen LogP contribution is 2.10. The van der Waals surface area contributed by atoms with Crippen LogP contribution in [0.1, 0.15) is 12.1 Å². The summed E-state index contributed by atoms with van der Waals surface area (Å²) in [5.74, 6) is -0.374. The van der Waals surface area contributed by atoms with Gasteiger partial charge in [-0.2, -0.15) is 0 Å². The molecule has 2 aromatic rings. The van der Waals surface area contributed by atoms with Gasteiger partial charge < -0.3 is 10.7 Å². The molecule has 0 saturated carbocycles. The second-order valence-corrected chi connectivity index (χ2v) is 2.93. The molecule has 2 heterocycles. The van der Waals surface area contributed by atoms with Gasteiger partial charge in [-0.15, -0.1) is 0 Å². The average molecular weight is 203 g/mol. The zero-order valence-corrected chi connectivity index (χ0v) is 7.84. The first kappa shape index (κ1) is 9.32. The largest absolute Gasteiger partial charge is 0.369 e. The standard InChI is InChI=1S/C9H9N5O/c10-7(15)3-1-2-6-8-9(13-4-11-6)14-5-12-8/h1-2,4-5H,3H2,(H2,10,15)(H,11,12,13,14). The van der Waals surface area contributed by atoms with E-state index in [0.717, 1.165) is 5.52 Å². The Bertz CT molecular complexity index is 516. The topological polar surface area (TPSA) is 97.6 Å². The van der Waals surface area contributed by atoms with E-state index in [4.69, 9.17) is 5.73 Å². The Kier molecular flexibility index (Phi) is 2.40. The molecule has 0 spiro atoms. The summed E-state index contributed by atoms with van der Waals surface area (Å²) in [5.41, 5.74) is 7.05. The maximum atomic E-state index is 10.5. The third kappa shape index (κ3) is 1.98. The van der Waals surface area contributed by atoms with Crippen LogP contribution >= 0.6 is 0 Å². The Balaban J connectivity index is 2.31. The fourth-order valence-corrected chi connectivity index (χ4v) is 1.20. The Morgan fingerprint density at radius 3 is 3.13 bits per heavy atom. The number of carbonyl (C=O) groups excluding carboxylic acids is 1. The molecule has 6 nitrogen and oxygen atoms in total. The number of fused-ring (bicyclic) bond motifs is 1. The average Bonchev–Trinajstić information content (AvgIpc) is 2.65. The number of rotatable bonds is 3. The van der Waals surface area contributed by atoms with Crippen LogP contribution < -0.4 is 5.73 Å². The molecule has 15 heavy (non-hydrogen) atoms. The molecule has 0 aromatic carbocycles. The summed E-state index contributed by atoms with van der Waals surface area (Å²) < 4.78 is 0. The van der Waals surface area contributed by atoms with Gasteiger partial charge in [0.05, 0.1) is 12.0 Å². The summed E-state index contributed by atoms with van der Waals surface area (Å²) in [7, 11) is 0. The summed E-state index contributed by atoms with van der Waals surface area (Å²) in [6.45, 7) is 0. The Morgan fingerprint density at radius 1 is 1.47 bits per heavy atom. The van der Waals surface area contributed by atoms with E-state index < -0.39 is 0 Å². The third-order valence-electron chi connectivity index (χ3n) is 1.85. The van der Waals surface area contributed by atoms with Crippen molar-refractivity contribution in [2.45, 2.75) is 6.42 Å². The van der Waals surface area contributed by atoms with Crippen LogP contribution in [0, 0.1) is 0 Å². The molecule has 0 radical (unpaired) electrons. The molecule has 76 valence electrons. The first-order chi connectivity index (χ1) is 7.27. The predicted octanol–water partition coefficient (Wildman–Crippen LogP) is 0.241. The number of nitrogens with two attached hydrogens (primary N) is 1. The van der Waals surface area contributed by atoms with Gasteiger partial charge in [0.25, 0.3) is 0 Å². The molecule has 0 aliphatic rings. The molecule has 0 aliphatic heterocycles. The van der Waals surface area contributed by atoms with Crippen LogP contribution in [0.3, 0.4) is 0 Å². The fourth-order valence-electron chi connectivity index (χ4n) is 1.20. The number of hydrogen-bond donors (Lipinski definition) is 2. The molecule has 2 rings (SSSR count). The highest BCUT2D eigenvalue weighted by molar-refractivity contribution is 5.81. The van der Waals surface area contributed by atoms with Crippen molar-refractivity contribution >= 4 is 23.1 Å². The number of carbonyl (C=O) groups is 1. The van der Waals surface area contributed by atoms with E-state index in [2.05, 4.69) is 19.9 Å². The number of aromatic amines is 1. The van der Waals surface area contributed by atoms with E-state index in [0.29, 0.717) is 11.3 Å². The lowest BCUT2D eigenvalue weighted by molar-refractivity contribution is -0.117. The van der Waals surface area contributed by atoms with Crippen LogP contribution in [0.25, 0.3) is 17.2 Å². The normalized spacial score (nSPS) is 11.2. The van der Waals surface area contributed by atoms with Crippen molar-refractivity contribution in [1.82, 2.24) is 19.9 Å². The van der Waals surface area contributed by atoms with Crippen molar-refractivity contribution in [3.05, 3.63) is 24.4 Å². The number of amides is 1. The maximum absolute atomic E-state index is 10.5. The van der Waals surface area contributed by atoms with Crippen LogP contribution in [0.15, 0.2) is 18.7 Å². The second kappa shape index (κ2) is 3.87. The number of imidazole rings is 1. The Morgan fingerprint density at radius 2 is 2.33 bits per heavy atom. The zero-order chi connectivity index (χ0) is 10.7. The van der Waals surface area contributed by atoms with Crippen molar-refractivity contribution in [2.24, 2.45) is 5.73 Å². The SMILES string of the molecule is NC(=O)CC=Cc1ncnc2nc[nH]c12. The van der Waals surface area contributed by atoms with E-state index in [-0.39, 0.29) is 12.3 Å². The fraction of sp³-hybridized carbons (Fsp3) is 0.111. The minimum absolute atomic E-state index is 0.194. The quantitative estimate of drug-likeness (QED) is 0.746. The van der Waals surface area contributed by atoms with Gasteiger partial charge in [-0.05, 0) is 6.08 Å². The van der Waals surface area contributed by atoms with Gasteiger partial charge in [0.15, 0.2) is 5.65 Å². The highest BCUT2D eigenvalue weighted by Gasteiger charge is 2.01. The minimum Gasteiger partial charge on any atom is -0.369 e. The van der Waals surface area contributed by atoms with Gasteiger partial charge in [0.2, 0.25) is 5.91 Å². The van der Waals surface area contributed by atoms with E-state index in [1.54, 1.807) is 18.5 Å². The first-order valence-electron chi connectivity index (χ1n) is 4.36. The molecule has 1 amide bonds. The summed E-state index contributed by atoms with van der Waals surface area (Å²) in [6.07, 6.45) is 6.54. The second-order valence-electron chi connectivity index (χ2n) is 2.93. The number of H-pyrrole nitrogens is 1. The summed E-state index contributed by atoms with van der Waals surface area (Å²) in [5, 5.41) is 0. The van der Waals surface area contributed by atoms with Crippen molar-refractivity contribution in [2.75, 3.05) is 0 Å². The van der Waals surface area contributed by atoms with E-state index in [9.17, 15) is 4.79 Å². The lowest BCUT2D eigenvalue weighted by atomic mass is 10.3. The molecule has 0 saturated heterocycles. The van der Waals surface area contributed by atoms with Gasteiger partial charge in [-0.3, -0.25) is 4.79 Å². The van der Waals surface area contributed by atoms with Crippen molar-refractivity contribution < 1.29 is 4.79 Å². The monoisotopic (exact) mass is 203 g/mol. The molecule has 6 heteroatoms. The van der Waals surface area contributed by atoms with E-state index in [1.807, 2.05) is 0 Å². The third-order valence-corrected chi connectivity index (χ3v) is 1.85. The minimum atomic E-state index is -0.374. The van der Waals surface area contributed by atoms with Gasteiger partial charge in [-0.25, -0.2) is 15.0 Å². The number of hydrogen-bond acceptors (Lipinski definition) is 4. The van der Waals surface area contributed by atoms with Crippen molar-refractivity contribution in [3.8, 4) is 0 Å². The summed E-state index contributed by atoms with van der Waals surface area (Å²) in [4.78, 5) is 25.5. The zero-order valence-electron chi connectivity index (χ0n) is 7.84. The molecule has 0 aliphatic carbocycles. The smallest absolute Gasteiger partial charge is 0.221 e. The van der Waals surface area contributed by atoms with E-state index >= 15 is 0 Å². The van der Waals surface area contributed by atoms with Crippen LogP contribution in [-0.4, -0.2) is 25.8 Å². The van der Waals surface area contributed by atoms with Crippen molar-refractivity contribution in [3.63, 3.8) is 0 Å². The molecule has 0 bridgehead atoms. The summed E-state index contributed by atoms with van der Waals surface area (Å²) in [6, 6.07) is 0. The first-order valence-corrected chi connectivity index (χ1v) is 4.36. The molecule has 0 atom stereocenters. The summed E-state index contributed by atoms with van der Waals surface area (Å²) >= 11 is 0. The highest BCUT2D eigenvalue weighted by atomic mass is 16.1. The Hall–Kier alpha value is -2.24. The van der Waals surface area contributed by atoms with Crippen LogP contribution in [0.2, 0.25) is 0 Å². The molecular formula is C9H9N5O. The molecule has 0 unspecified atom stereocenters. The van der Waals surface area contributed by atoms with Gasteiger partial charge in [-0.1, -0.05) is 6.08 Å². The lowest BCUT2D eigenvalue weighted by Crippen LogP contribution is -2.07. The number of aromatic nitrogens is 4. The van der Waals surface area contributed by atoms with Crippen LogP contribution in [-0.2, 0) is 4.79 Å². The lowest BCUT2D eigenvalue weighted by Gasteiger charge is -1.93. The van der Waals surface area contributed by atoms with Gasteiger partial charge >= 0.3 is 0 Å². The molecule has 3 N–H and O–H groups in total. The number of nitrogens with one attached hydrogen (secondary N) is 1.